The van der Waals surface area contributed by atoms with Gasteiger partial charge in [-0.3, -0.25) is 4.79 Å². The van der Waals surface area contributed by atoms with Gasteiger partial charge in [0.25, 0.3) is 0 Å². The lowest BCUT2D eigenvalue weighted by atomic mass is 10.1. The van der Waals surface area contributed by atoms with E-state index < -0.39 is 0 Å². The molecule has 0 saturated heterocycles. The van der Waals surface area contributed by atoms with E-state index >= 15 is 0 Å². The third-order valence-corrected chi connectivity index (χ3v) is 3.34. The van der Waals surface area contributed by atoms with Crippen LogP contribution in [0.2, 0.25) is 0 Å². The molecule has 0 aliphatic rings. The maximum absolute atomic E-state index is 14.1. The van der Waals surface area contributed by atoms with Crippen molar-refractivity contribution in [2.75, 3.05) is 31.1 Å². The Hall–Kier alpha value is -1.62. The molecule has 1 amide bonds. The van der Waals surface area contributed by atoms with Crippen molar-refractivity contribution in [2.24, 2.45) is 0 Å². The second-order valence-corrected chi connectivity index (χ2v) is 5.43. The number of nitrogens with zero attached hydrogens (tertiary/aromatic N) is 1. The van der Waals surface area contributed by atoms with Gasteiger partial charge in [0.15, 0.2) is 0 Å². The summed E-state index contributed by atoms with van der Waals surface area (Å²) in [5, 5.41) is 5.99. The van der Waals surface area contributed by atoms with Crippen LogP contribution in [0.25, 0.3) is 0 Å². The van der Waals surface area contributed by atoms with Gasteiger partial charge < -0.3 is 15.5 Å². The maximum Gasteiger partial charge on any atom is 0.216 e. The average Bonchev–Trinajstić information content (AvgIpc) is 2.48. The number of carbonyl (C=O) groups is 1. The Labute approximate surface area is 133 Å². The zero-order valence-corrected chi connectivity index (χ0v) is 13.9. The van der Waals surface area contributed by atoms with E-state index in [1.165, 1.54) is 6.92 Å². The quantitative estimate of drug-likeness (QED) is 0.653. The summed E-state index contributed by atoms with van der Waals surface area (Å²) in [7, 11) is 0. The molecule has 2 N–H and O–H groups in total. The molecule has 22 heavy (non-hydrogen) atoms. The van der Waals surface area contributed by atoms with Crippen LogP contribution in [-0.2, 0) is 11.3 Å². The molecule has 1 aromatic rings. The maximum atomic E-state index is 14.1. The molecule has 0 fully saturated rings. The number of rotatable bonds is 10. The molecule has 0 atom stereocenters. The van der Waals surface area contributed by atoms with E-state index in [0.717, 1.165) is 31.5 Å². The average molecular weight is 309 g/mol. The third kappa shape index (κ3) is 6.43. The van der Waals surface area contributed by atoms with E-state index in [4.69, 9.17) is 0 Å². The van der Waals surface area contributed by atoms with Crippen LogP contribution in [0.5, 0.6) is 0 Å². The monoisotopic (exact) mass is 309 g/mol. The lowest BCUT2D eigenvalue weighted by Crippen LogP contribution is -2.30. The van der Waals surface area contributed by atoms with E-state index in [0.29, 0.717) is 25.3 Å². The Kier molecular flexibility index (Phi) is 8.51. The Morgan fingerprint density at radius 3 is 2.45 bits per heavy atom. The summed E-state index contributed by atoms with van der Waals surface area (Å²) < 4.78 is 14.1. The fourth-order valence-electron chi connectivity index (χ4n) is 2.36. The summed E-state index contributed by atoms with van der Waals surface area (Å²) in [6.45, 7) is 9.40. The molecule has 124 valence electrons. The fourth-order valence-corrected chi connectivity index (χ4v) is 2.36. The number of hydrogen-bond acceptors (Lipinski definition) is 3. The molecule has 0 bridgehead atoms. The minimum atomic E-state index is -0.163. The largest absolute Gasteiger partial charge is 0.369 e. The summed E-state index contributed by atoms with van der Waals surface area (Å²) in [4.78, 5) is 12.9. The van der Waals surface area contributed by atoms with Crippen LogP contribution in [0.15, 0.2) is 18.2 Å². The highest BCUT2D eigenvalue weighted by Crippen LogP contribution is 2.21. The Bertz CT molecular complexity index is 459. The molecular formula is C17H28FN3O. The molecule has 0 aliphatic heterocycles. The second kappa shape index (κ2) is 10.2. The summed E-state index contributed by atoms with van der Waals surface area (Å²) in [5.41, 5.74) is 1.74. The summed E-state index contributed by atoms with van der Waals surface area (Å²) in [5.74, 6) is -0.190. The van der Waals surface area contributed by atoms with Gasteiger partial charge >= 0.3 is 0 Å². The number of amides is 1. The minimum Gasteiger partial charge on any atom is -0.369 e. The zero-order chi connectivity index (χ0) is 16.4. The first-order valence-electron chi connectivity index (χ1n) is 8.07. The van der Waals surface area contributed by atoms with E-state index in [1.807, 2.05) is 6.07 Å². The van der Waals surface area contributed by atoms with E-state index in [-0.39, 0.29) is 11.7 Å². The van der Waals surface area contributed by atoms with Gasteiger partial charge in [0.2, 0.25) is 5.91 Å². The third-order valence-electron chi connectivity index (χ3n) is 3.34. The predicted molar refractivity (Wildman–Crippen MR) is 89.6 cm³/mol. The molecule has 4 nitrogen and oxygen atoms in total. The lowest BCUT2D eigenvalue weighted by Gasteiger charge is -2.25. The molecule has 1 rings (SSSR count). The predicted octanol–water partition coefficient (Wildman–Crippen LogP) is 2.68. The fraction of sp³-hybridized carbons (Fsp3) is 0.588. The number of hydrogen-bond donors (Lipinski definition) is 2. The van der Waals surface area contributed by atoms with Crippen molar-refractivity contribution in [3.63, 3.8) is 0 Å². The van der Waals surface area contributed by atoms with Gasteiger partial charge in [-0.05, 0) is 30.5 Å². The highest BCUT2D eigenvalue weighted by Gasteiger charge is 2.11. The lowest BCUT2D eigenvalue weighted by molar-refractivity contribution is -0.118. The van der Waals surface area contributed by atoms with E-state index in [9.17, 15) is 9.18 Å². The van der Waals surface area contributed by atoms with Crippen molar-refractivity contribution in [2.45, 2.75) is 40.2 Å². The highest BCUT2D eigenvalue weighted by atomic mass is 19.1. The summed E-state index contributed by atoms with van der Waals surface area (Å²) >= 11 is 0. The van der Waals surface area contributed by atoms with Crippen LogP contribution in [0, 0.1) is 5.82 Å². The zero-order valence-electron chi connectivity index (χ0n) is 13.9. The first-order valence-corrected chi connectivity index (χ1v) is 8.07. The molecule has 0 aromatic heterocycles. The number of nitrogens with one attached hydrogen (secondary N) is 2. The molecule has 0 spiro atoms. The van der Waals surface area contributed by atoms with Gasteiger partial charge in [0, 0.05) is 39.6 Å². The number of carbonyl (C=O) groups excluding carboxylic acids is 1. The Morgan fingerprint density at radius 2 is 1.86 bits per heavy atom. The standard InChI is InChI=1S/C17H28FN3O/c1-4-10-21(11-5-2)17-12-15(6-7-16(17)18)13-19-8-9-20-14(3)22/h6-7,12,19H,4-5,8-11,13H2,1-3H3,(H,20,22). The molecule has 0 radical (unpaired) electrons. The normalized spacial score (nSPS) is 10.5. The molecule has 0 unspecified atom stereocenters. The van der Waals surface area contributed by atoms with Crippen molar-refractivity contribution in [1.29, 1.82) is 0 Å². The first-order chi connectivity index (χ1) is 10.6. The first kappa shape index (κ1) is 18.4. The highest BCUT2D eigenvalue weighted by molar-refractivity contribution is 5.72. The molecule has 0 aliphatic carbocycles. The van der Waals surface area contributed by atoms with Crippen LogP contribution in [0.1, 0.15) is 39.2 Å². The van der Waals surface area contributed by atoms with Crippen LogP contribution >= 0.6 is 0 Å². The van der Waals surface area contributed by atoms with Crippen molar-refractivity contribution in [3.8, 4) is 0 Å². The minimum absolute atomic E-state index is 0.0272. The van der Waals surface area contributed by atoms with Crippen molar-refractivity contribution in [1.82, 2.24) is 10.6 Å². The van der Waals surface area contributed by atoms with Gasteiger partial charge in [0.05, 0.1) is 5.69 Å². The van der Waals surface area contributed by atoms with Gasteiger partial charge in [-0.15, -0.1) is 0 Å². The molecule has 1 aromatic carbocycles. The number of benzene rings is 1. The van der Waals surface area contributed by atoms with Crippen LogP contribution < -0.4 is 15.5 Å². The topological polar surface area (TPSA) is 44.4 Å². The Morgan fingerprint density at radius 1 is 1.18 bits per heavy atom. The smallest absolute Gasteiger partial charge is 0.216 e. The van der Waals surface area contributed by atoms with Crippen LogP contribution in [0.3, 0.4) is 0 Å². The summed E-state index contributed by atoms with van der Waals surface area (Å²) in [6, 6.07) is 5.27. The van der Waals surface area contributed by atoms with Crippen LogP contribution in [0.4, 0.5) is 10.1 Å². The molecule has 0 heterocycles. The Balaban J connectivity index is 2.62. The van der Waals surface area contributed by atoms with Gasteiger partial charge in [-0.2, -0.15) is 0 Å². The molecular weight excluding hydrogens is 281 g/mol. The van der Waals surface area contributed by atoms with Crippen LogP contribution in [-0.4, -0.2) is 32.1 Å². The van der Waals surface area contributed by atoms with Gasteiger partial charge in [-0.25, -0.2) is 4.39 Å². The van der Waals surface area contributed by atoms with Gasteiger partial charge in [-0.1, -0.05) is 19.9 Å². The van der Waals surface area contributed by atoms with Crippen molar-refractivity contribution in [3.05, 3.63) is 29.6 Å². The SMILES string of the molecule is CCCN(CCC)c1cc(CNCCNC(C)=O)ccc1F. The van der Waals surface area contributed by atoms with E-state index in [2.05, 4.69) is 29.4 Å². The molecule has 5 heteroatoms. The molecule has 0 saturated carbocycles. The second-order valence-electron chi connectivity index (χ2n) is 5.43. The number of halogens is 1. The summed E-state index contributed by atoms with van der Waals surface area (Å²) in [6.07, 6.45) is 2.00. The van der Waals surface area contributed by atoms with Crippen molar-refractivity contribution >= 4 is 11.6 Å². The number of anilines is 1. The van der Waals surface area contributed by atoms with Crippen molar-refractivity contribution < 1.29 is 9.18 Å². The van der Waals surface area contributed by atoms with E-state index in [1.54, 1.807) is 12.1 Å². The van der Waals surface area contributed by atoms with Gasteiger partial charge in [0.1, 0.15) is 5.82 Å².